The molecule has 1 saturated heterocycles. The van der Waals surface area contributed by atoms with Crippen molar-refractivity contribution in [2.24, 2.45) is 5.92 Å². The average Bonchev–Trinajstić information content (AvgIpc) is 2.03. The highest BCUT2D eigenvalue weighted by Gasteiger charge is 2.24. The van der Waals surface area contributed by atoms with Crippen LogP contribution in [-0.2, 0) is 9.53 Å². The summed E-state index contributed by atoms with van der Waals surface area (Å²) in [5, 5.41) is 0. The molecule has 1 aliphatic rings. The van der Waals surface area contributed by atoms with Gasteiger partial charge in [0.1, 0.15) is 6.10 Å². The van der Waals surface area contributed by atoms with Gasteiger partial charge in [-0.25, -0.2) is 0 Å². The Balaban J connectivity index is 2.39. The summed E-state index contributed by atoms with van der Waals surface area (Å²) in [5.74, 6) is 0.515. The molecule has 64 valence electrons. The Morgan fingerprint density at radius 1 is 1.73 bits per heavy atom. The van der Waals surface area contributed by atoms with Crippen molar-refractivity contribution in [3.63, 3.8) is 0 Å². The zero-order valence-electron chi connectivity index (χ0n) is 7.30. The predicted molar refractivity (Wildman–Crippen MR) is 43.2 cm³/mol. The first-order valence-corrected chi connectivity index (χ1v) is 4.43. The fraction of sp³-hybridized carbons (Fsp3) is 0.889. The molecule has 0 saturated carbocycles. The molecule has 0 amide bonds. The molecular weight excluding hydrogens is 140 g/mol. The number of cyclic esters (lactones) is 1. The van der Waals surface area contributed by atoms with E-state index in [0.717, 1.165) is 19.3 Å². The van der Waals surface area contributed by atoms with Gasteiger partial charge in [-0.15, -0.1) is 0 Å². The van der Waals surface area contributed by atoms with Gasteiger partial charge in [-0.3, -0.25) is 4.79 Å². The van der Waals surface area contributed by atoms with E-state index < -0.39 is 0 Å². The first-order chi connectivity index (χ1) is 5.24. The second-order valence-electron chi connectivity index (χ2n) is 3.31. The molecule has 0 aromatic carbocycles. The summed E-state index contributed by atoms with van der Waals surface area (Å²) >= 11 is 0. The molecule has 11 heavy (non-hydrogen) atoms. The number of rotatable bonds is 2. The van der Waals surface area contributed by atoms with E-state index in [1.54, 1.807) is 0 Å². The molecular formula is C9H16O2. The number of esters is 1. The zero-order chi connectivity index (χ0) is 8.27. The molecule has 0 radical (unpaired) electrons. The minimum atomic E-state index is -0.0125. The Labute approximate surface area is 67.9 Å². The Morgan fingerprint density at radius 3 is 3.00 bits per heavy atom. The average molecular weight is 156 g/mol. The van der Waals surface area contributed by atoms with Gasteiger partial charge in [0.2, 0.25) is 0 Å². The molecule has 1 heterocycles. The molecule has 2 unspecified atom stereocenters. The molecule has 0 aromatic rings. The Morgan fingerprint density at radius 2 is 2.45 bits per heavy atom. The van der Waals surface area contributed by atoms with Crippen molar-refractivity contribution in [1.82, 2.24) is 0 Å². The molecule has 1 fully saturated rings. The Bertz CT molecular complexity index is 142. The maximum atomic E-state index is 10.9. The van der Waals surface area contributed by atoms with Crippen LogP contribution in [0.4, 0.5) is 0 Å². The lowest BCUT2D eigenvalue weighted by molar-refractivity contribution is -0.156. The third-order valence-electron chi connectivity index (χ3n) is 2.43. The summed E-state index contributed by atoms with van der Waals surface area (Å²) in [6.45, 7) is 4.27. The fourth-order valence-corrected chi connectivity index (χ4v) is 1.40. The minimum Gasteiger partial charge on any atom is -0.462 e. The van der Waals surface area contributed by atoms with Crippen molar-refractivity contribution in [2.75, 3.05) is 0 Å². The van der Waals surface area contributed by atoms with Crippen LogP contribution in [0, 0.1) is 5.92 Å². The Kier molecular flexibility index (Phi) is 2.92. The van der Waals surface area contributed by atoms with Gasteiger partial charge in [0.15, 0.2) is 0 Å². The lowest BCUT2D eigenvalue weighted by Gasteiger charge is -2.26. The maximum Gasteiger partial charge on any atom is 0.306 e. The minimum absolute atomic E-state index is 0.0125. The molecule has 0 N–H and O–H groups in total. The summed E-state index contributed by atoms with van der Waals surface area (Å²) in [6.07, 6.45) is 3.97. The number of carbonyl (C=O) groups excluding carboxylic acids is 1. The highest BCUT2D eigenvalue weighted by molar-refractivity contribution is 5.70. The van der Waals surface area contributed by atoms with Crippen molar-refractivity contribution in [3.05, 3.63) is 0 Å². The largest absolute Gasteiger partial charge is 0.462 e. The van der Waals surface area contributed by atoms with Crippen molar-refractivity contribution in [1.29, 1.82) is 0 Å². The normalized spacial score (nSPS) is 27.8. The topological polar surface area (TPSA) is 26.3 Å². The number of ether oxygens (including phenoxy) is 1. The van der Waals surface area contributed by atoms with Crippen molar-refractivity contribution < 1.29 is 9.53 Å². The van der Waals surface area contributed by atoms with E-state index in [2.05, 4.69) is 13.8 Å². The lowest BCUT2D eigenvalue weighted by Crippen LogP contribution is -2.28. The molecule has 1 rings (SSSR count). The number of hydrogen-bond acceptors (Lipinski definition) is 2. The third kappa shape index (κ3) is 2.21. The quantitative estimate of drug-likeness (QED) is 0.572. The standard InChI is InChI=1S/C9H16O2/c1-3-7(2)8-5-4-6-9(10)11-8/h7-8H,3-6H2,1-2H3. The predicted octanol–water partition coefficient (Wildman–Crippen LogP) is 2.13. The summed E-state index contributed by atoms with van der Waals surface area (Å²) in [5.41, 5.74) is 0. The van der Waals surface area contributed by atoms with Crippen LogP contribution in [0.1, 0.15) is 39.5 Å². The summed E-state index contributed by atoms with van der Waals surface area (Å²) in [6, 6.07) is 0. The second-order valence-corrected chi connectivity index (χ2v) is 3.31. The van der Waals surface area contributed by atoms with Crippen molar-refractivity contribution in [2.45, 2.75) is 45.6 Å². The van der Waals surface area contributed by atoms with Crippen LogP contribution in [0.15, 0.2) is 0 Å². The lowest BCUT2D eigenvalue weighted by atomic mass is 9.95. The highest BCUT2D eigenvalue weighted by Crippen LogP contribution is 2.22. The molecule has 1 aliphatic heterocycles. The van der Waals surface area contributed by atoms with Crippen LogP contribution in [-0.4, -0.2) is 12.1 Å². The first kappa shape index (κ1) is 8.57. The number of carbonyl (C=O) groups is 1. The van der Waals surface area contributed by atoms with E-state index in [0.29, 0.717) is 12.3 Å². The van der Waals surface area contributed by atoms with Crippen LogP contribution in [0.25, 0.3) is 0 Å². The summed E-state index contributed by atoms with van der Waals surface area (Å²) in [7, 11) is 0. The van der Waals surface area contributed by atoms with Gasteiger partial charge >= 0.3 is 5.97 Å². The molecule has 0 bridgehead atoms. The van der Waals surface area contributed by atoms with Gasteiger partial charge in [0.25, 0.3) is 0 Å². The van der Waals surface area contributed by atoms with E-state index >= 15 is 0 Å². The van der Waals surface area contributed by atoms with E-state index in [1.165, 1.54) is 0 Å². The van der Waals surface area contributed by atoms with E-state index in [4.69, 9.17) is 4.74 Å². The molecule has 0 aliphatic carbocycles. The van der Waals surface area contributed by atoms with E-state index in [9.17, 15) is 4.79 Å². The van der Waals surface area contributed by atoms with Gasteiger partial charge in [-0.2, -0.15) is 0 Å². The van der Waals surface area contributed by atoms with E-state index in [1.807, 2.05) is 0 Å². The SMILES string of the molecule is CCC(C)C1CCCC(=O)O1. The van der Waals surface area contributed by atoms with Gasteiger partial charge in [0.05, 0.1) is 0 Å². The van der Waals surface area contributed by atoms with Gasteiger partial charge < -0.3 is 4.74 Å². The molecule has 0 spiro atoms. The van der Waals surface area contributed by atoms with Gasteiger partial charge in [-0.05, 0) is 18.8 Å². The number of hydrogen-bond donors (Lipinski definition) is 0. The smallest absolute Gasteiger partial charge is 0.306 e. The van der Waals surface area contributed by atoms with Crippen LogP contribution in [0.2, 0.25) is 0 Å². The second kappa shape index (κ2) is 3.74. The molecule has 2 nitrogen and oxygen atoms in total. The van der Waals surface area contributed by atoms with Crippen LogP contribution in [0.5, 0.6) is 0 Å². The molecule has 2 heteroatoms. The van der Waals surface area contributed by atoms with Crippen molar-refractivity contribution >= 4 is 5.97 Å². The molecule has 2 atom stereocenters. The summed E-state index contributed by atoms with van der Waals surface area (Å²) < 4.78 is 5.20. The van der Waals surface area contributed by atoms with Crippen LogP contribution in [0.3, 0.4) is 0 Å². The van der Waals surface area contributed by atoms with E-state index in [-0.39, 0.29) is 12.1 Å². The maximum absolute atomic E-state index is 10.9. The highest BCUT2D eigenvalue weighted by atomic mass is 16.5. The first-order valence-electron chi connectivity index (χ1n) is 4.43. The third-order valence-corrected chi connectivity index (χ3v) is 2.43. The molecule has 0 aromatic heterocycles. The van der Waals surface area contributed by atoms with Crippen LogP contribution >= 0.6 is 0 Å². The van der Waals surface area contributed by atoms with Crippen LogP contribution < -0.4 is 0 Å². The monoisotopic (exact) mass is 156 g/mol. The van der Waals surface area contributed by atoms with Gasteiger partial charge in [0, 0.05) is 6.42 Å². The zero-order valence-corrected chi connectivity index (χ0v) is 7.30. The summed E-state index contributed by atoms with van der Waals surface area (Å²) in [4.78, 5) is 10.9. The fourth-order valence-electron chi connectivity index (χ4n) is 1.40. The van der Waals surface area contributed by atoms with Gasteiger partial charge in [-0.1, -0.05) is 20.3 Å². The Hall–Kier alpha value is -0.530. The van der Waals surface area contributed by atoms with Crippen molar-refractivity contribution in [3.8, 4) is 0 Å².